The van der Waals surface area contributed by atoms with Gasteiger partial charge in [0.15, 0.2) is 0 Å². The molecule has 3 nitrogen and oxygen atoms in total. The quantitative estimate of drug-likeness (QED) is 0.159. The minimum absolute atomic E-state index is 0.0194. The molecular weight excluding hydrogens is 910 g/mol. The molecule has 9 aromatic rings. The predicted octanol–water partition coefficient (Wildman–Crippen LogP) is 17.7. The minimum Gasteiger partial charge on any atom is -0.310 e. The molecule has 0 bridgehead atoms. The first-order valence-corrected chi connectivity index (χ1v) is 28.0. The van der Waals surface area contributed by atoms with Crippen molar-refractivity contribution in [3.63, 3.8) is 0 Å². The summed E-state index contributed by atoms with van der Waals surface area (Å²) in [5, 5.41) is 2.73. The fourth-order valence-electron chi connectivity index (χ4n) is 13.0. The van der Waals surface area contributed by atoms with Crippen LogP contribution in [0, 0.1) is 0 Å². The van der Waals surface area contributed by atoms with Gasteiger partial charge in [0.2, 0.25) is 0 Å². The Kier molecular flexibility index (Phi) is 9.99. The second-order valence-corrected chi connectivity index (χ2v) is 27.3. The summed E-state index contributed by atoms with van der Waals surface area (Å²) in [6.45, 7) is 26.8. The molecule has 6 heteroatoms. The van der Waals surface area contributed by atoms with Crippen molar-refractivity contribution in [1.82, 2.24) is 0 Å². The van der Waals surface area contributed by atoms with E-state index in [1.54, 1.807) is 0 Å². The molecule has 360 valence electrons. The van der Waals surface area contributed by atoms with Gasteiger partial charge in [-0.1, -0.05) is 143 Å². The Balaban J connectivity index is 1.20. The van der Waals surface area contributed by atoms with Crippen molar-refractivity contribution in [1.29, 1.82) is 0 Å². The summed E-state index contributed by atoms with van der Waals surface area (Å²) in [5.74, 6) is 0. The van der Waals surface area contributed by atoms with Crippen LogP contribution in [-0.4, -0.2) is 6.71 Å². The number of hydrogen-bond donors (Lipinski definition) is 0. The van der Waals surface area contributed by atoms with E-state index in [9.17, 15) is 0 Å². The molecule has 0 radical (unpaired) electrons. The monoisotopic (exact) mass is 975 g/mol. The maximum absolute atomic E-state index is 2.69. The van der Waals surface area contributed by atoms with E-state index in [-0.39, 0.29) is 33.8 Å². The van der Waals surface area contributed by atoms with Crippen molar-refractivity contribution in [2.75, 3.05) is 14.7 Å². The minimum atomic E-state index is 0.0194. The first kappa shape index (κ1) is 45.8. The van der Waals surface area contributed by atoms with Gasteiger partial charge in [-0.3, -0.25) is 0 Å². The number of hydrogen-bond acceptors (Lipinski definition) is 5. The second kappa shape index (κ2) is 15.7. The third-order valence-corrected chi connectivity index (χ3v) is 19.9. The molecule has 0 N–H and O–H groups in total. The van der Waals surface area contributed by atoms with Crippen LogP contribution >= 0.6 is 22.7 Å². The molecule has 13 rings (SSSR count). The van der Waals surface area contributed by atoms with E-state index in [1.807, 2.05) is 0 Å². The smallest absolute Gasteiger partial charge is 0.277 e. The van der Waals surface area contributed by atoms with Gasteiger partial charge in [0, 0.05) is 63.8 Å². The zero-order valence-corrected chi connectivity index (χ0v) is 45.6. The number of benzene rings is 7. The Morgan fingerprint density at radius 1 is 0.444 bits per heavy atom. The number of nitrogens with zero attached hydrogens (tertiary/aromatic N) is 3. The van der Waals surface area contributed by atoms with Crippen LogP contribution in [0.2, 0.25) is 0 Å². The van der Waals surface area contributed by atoms with Gasteiger partial charge in [-0.2, -0.15) is 0 Å². The summed E-state index contributed by atoms with van der Waals surface area (Å²) in [4.78, 5) is 7.82. The molecule has 0 fully saturated rings. The number of rotatable bonds is 5. The zero-order chi connectivity index (χ0) is 49.9. The van der Waals surface area contributed by atoms with E-state index in [1.165, 1.54) is 123 Å². The Morgan fingerprint density at radius 3 is 1.22 bits per heavy atom. The van der Waals surface area contributed by atoms with Crippen LogP contribution in [-0.2, 0) is 27.1 Å². The summed E-state index contributed by atoms with van der Waals surface area (Å²) < 4.78 is 5.66. The highest BCUT2D eigenvalue weighted by molar-refractivity contribution is 7.40. The van der Waals surface area contributed by atoms with E-state index in [4.69, 9.17) is 0 Å². The van der Waals surface area contributed by atoms with Gasteiger partial charge in [-0.15, -0.1) is 22.7 Å². The standard InChI is InChI=1S/C66H66BN3S2/c1-62(2,3)41-27-29-45(30-28-41)70-54-36-46(68(42-21-15-12-16-22-42)43-23-17-13-18-24-43)35-53-57(54)67(61-59(70)48-38-50-52(40-56(48)72-61)66(10,11)34-32-64(50,6)7)60-58(69(53)44-25-19-14-20-26-44)47-37-49-51(39-55(47)71-60)65(8,9)33-31-63(49,4)5/h12-30,35-40H,31-34H2,1-11H3. The predicted molar refractivity (Wildman–Crippen MR) is 315 cm³/mol. The van der Waals surface area contributed by atoms with Crippen molar-refractivity contribution in [2.24, 2.45) is 0 Å². The Labute approximate surface area is 436 Å². The lowest BCUT2D eigenvalue weighted by atomic mass is 9.39. The zero-order valence-electron chi connectivity index (χ0n) is 44.0. The first-order valence-electron chi connectivity index (χ1n) is 26.4. The number of fused-ring (bicyclic) bond motifs is 10. The van der Waals surface area contributed by atoms with Gasteiger partial charge in [-0.05, 0) is 171 Å². The molecule has 0 unspecified atom stereocenters. The van der Waals surface area contributed by atoms with Crippen LogP contribution in [0.15, 0.2) is 152 Å². The highest BCUT2D eigenvalue weighted by Gasteiger charge is 2.49. The van der Waals surface area contributed by atoms with Gasteiger partial charge >= 0.3 is 0 Å². The summed E-state index contributed by atoms with van der Waals surface area (Å²) in [5.41, 5.74) is 20.0. The van der Waals surface area contributed by atoms with E-state index in [2.05, 4.69) is 265 Å². The average molecular weight is 976 g/mol. The van der Waals surface area contributed by atoms with E-state index in [0.717, 1.165) is 17.1 Å². The maximum Gasteiger partial charge on any atom is 0.277 e. The van der Waals surface area contributed by atoms with Crippen molar-refractivity contribution >= 4 is 116 Å². The fourth-order valence-corrected chi connectivity index (χ4v) is 15.8. The van der Waals surface area contributed by atoms with Crippen LogP contribution < -0.4 is 29.7 Å². The van der Waals surface area contributed by atoms with Crippen LogP contribution in [0.5, 0.6) is 0 Å². The topological polar surface area (TPSA) is 9.72 Å². The molecule has 4 heterocycles. The number of thiophene rings is 2. The molecule has 2 aliphatic heterocycles. The second-order valence-electron chi connectivity index (χ2n) is 25.1. The molecule has 7 aromatic carbocycles. The molecular formula is C66H66BN3S2. The SMILES string of the molecule is CC(C)(C)c1ccc(N2c3cc(N(c4ccccc4)c4ccccc4)cc4c3B(c3sc5cc6c(cc5c3N4c3ccccc3)C(C)(C)CCC6(C)C)c3sc4cc5c(cc4c32)C(C)(C)CCC5(C)C)cc1. The Bertz CT molecular complexity index is 3590. The molecule has 0 saturated heterocycles. The summed E-state index contributed by atoms with van der Waals surface area (Å²) in [6, 6.07) is 58.4. The lowest BCUT2D eigenvalue weighted by Crippen LogP contribution is -2.59. The van der Waals surface area contributed by atoms with Crippen molar-refractivity contribution in [3.8, 4) is 0 Å². The highest BCUT2D eigenvalue weighted by Crippen LogP contribution is 2.56. The van der Waals surface area contributed by atoms with Gasteiger partial charge in [-0.25, -0.2) is 0 Å². The summed E-state index contributed by atoms with van der Waals surface area (Å²) in [6.07, 6.45) is 4.73. The van der Waals surface area contributed by atoms with Crippen LogP contribution in [0.4, 0.5) is 51.2 Å². The van der Waals surface area contributed by atoms with Gasteiger partial charge in [0.25, 0.3) is 6.71 Å². The Hall–Kier alpha value is -6.08. The van der Waals surface area contributed by atoms with E-state index in [0.29, 0.717) is 0 Å². The first-order chi connectivity index (χ1) is 34.3. The molecule has 72 heavy (non-hydrogen) atoms. The average Bonchev–Trinajstić information content (AvgIpc) is 3.93. The van der Waals surface area contributed by atoms with Gasteiger partial charge < -0.3 is 14.7 Å². The van der Waals surface area contributed by atoms with E-state index < -0.39 is 0 Å². The maximum atomic E-state index is 2.69. The number of para-hydroxylation sites is 3. The van der Waals surface area contributed by atoms with Crippen LogP contribution in [0.25, 0.3) is 20.2 Å². The normalized spacial score (nSPS) is 17.8. The largest absolute Gasteiger partial charge is 0.310 e. The summed E-state index contributed by atoms with van der Waals surface area (Å²) in [7, 11) is 0. The summed E-state index contributed by atoms with van der Waals surface area (Å²) >= 11 is 4.10. The molecule has 4 aliphatic rings. The van der Waals surface area contributed by atoms with Crippen molar-refractivity contribution < 1.29 is 0 Å². The van der Waals surface area contributed by atoms with Crippen molar-refractivity contribution in [2.45, 2.75) is 129 Å². The molecule has 0 atom stereocenters. The lowest BCUT2D eigenvalue weighted by Gasteiger charge is -2.44. The Morgan fingerprint density at radius 2 is 0.819 bits per heavy atom. The fraction of sp³-hybridized carbons (Fsp3) is 0.303. The lowest BCUT2D eigenvalue weighted by molar-refractivity contribution is 0.332. The van der Waals surface area contributed by atoms with Crippen LogP contribution in [0.1, 0.15) is 130 Å². The van der Waals surface area contributed by atoms with E-state index >= 15 is 0 Å². The van der Waals surface area contributed by atoms with Gasteiger partial charge in [0.05, 0.1) is 17.1 Å². The molecule has 0 amide bonds. The van der Waals surface area contributed by atoms with Crippen LogP contribution in [0.3, 0.4) is 0 Å². The highest BCUT2D eigenvalue weighted by atomic mass is 32.1. The third kappa shape index (κ3) is 6.87. The molecule has 2 aliphatic carbocycles. The third-order valence-electron chi connectivity index (χ3n) is 17.5. The van der Waals surface area contributed by atoms with Crippen molar-refractivity contribution in [3.05, 3.63) is 179 Å². The number of anilines is 9. The molecule has 0 saturated carbocycles. The molecule has 0 spiro atoms. The van der Waals surface area contributed by atoms with Gasteiger partial charge in [0.1, 0.15) is 0 Å². The molecule has 2 aromatic heterocycles.